The molecule has 85 heavy (non-hydrogen) atoms. The summed E-state index contributed by atoms with van der Waals surface area (Å²) >= 11 is 0. The Morgan fingerprint density at radius 1 is 0.541 bits per heavy atom. The van der Waals surface area contributed by atoms with Crippen molar-refractivity contribution in [1.82, 2.24) is 26.7 Å². The summed E-state index contributed by atoms with van der Waals surface area (Å²) in [6.45, 7) is 2.97. The van der Waals surface area contributed by atoms with Crippen LogP contribution >= 0.6 is 0 Å². The average Bonchev–Trinajstić information content (AvgIpc) is 1.88. The Morgan fingerprint density at radius 2 is 1.08 bits per heavy atom. The number of fused-ring (bicyclic) bond motifs is 1. The zero-order valence-corrected chi connectivity index (χ0v) is 46.4. The second kappa shape index (κ2) is 27.0. The summed E-state index contributed by atoms with van der Waals surface area (Å²) < 4.78 is 38.1. The minimum absolute atomic E-state index is 0.199. The van der Waals surface area contributed by atoms with Gasteiger partial charge in [0, 0.05) is 25.0 Å². The number of carbonyl (C=O) groups excluding carboxylic acids is 6. The maximum absolute atomic E-state index is 13.0. The fraction of sp³-hybridized carbons (Fsp3) is 0.266. The van der Waals surface area contributed by atoms with Gasteiger partial charge in [0.25, 0.3) is 0 Å². The van der Waals surface area contributed by atoms with Gasteiger partial charge in [-0.2, -0.15) is 0 Å². The number of benzene rings is 6. The molecule has 440 valence electrons. The van der Waals surface area contributed by atoms with E-state index >= 15 is 0 Å². The highest BCUT2D eigenvalue weighted by Gasteiger charge is 2.66. The van der Waals surface area contributed by atoms with Crippen LogP contribution in [0.2, 0.25) is 0 Å². The predicted molar refractivity (Wildman–Crippen MR) is 302 cm³/mol. The van der Waals surface area contributed by atoms with Crippen molar-refractivity contribution in [2.45, 2.75) is 57.6 Å². The molecular weight excluding hydrogens is 1090 g/mol. The molecule has 2 heterocycles. The third-order valence-electron chi connectivity index (χ3n) is 15.3. The van der Waals surface area contributed by atoms with Crippen LogP contribution in [0.5, 0.6) is 40.2 Å². The molecule has 1 aromatic heterocycles. The van der Waals surface area contributed by atoms with Crippen LogP contribution in [0.3, 0.4) is 0 Å². The van der Waals surface area contributed by atoms with Gasteiger partial charge in [0.05, 0.1) is 42.3 Å². The SMILES string of the molecule is CCOC(=O)[C@@]1(Cc2ccc(Oc3ccc4c(c3)OCO4)cc2)C[C@@H]1C(=O)NO.COC(=O)[C@]1(c2cccc(Oc3ccccc3)c2)C[C@H]1C(=O)NO.O=C(NO)[C@H]1C[C@]1(Cc1ccc(OCc2ccccc2)cc1)C(=O)NCc1ccncc1. The van der Waals surface area contributed by atoms with E-state index in [-0.39, 0.29) is 25.7 Å². The van der Waals surface area contributed by atoms with Gasteiger partial charge in [-0.1, -0.05) is 84.9 Å². The largest absolute Gasteiger partial charge is 0.489 e. The molecule has 4 aliphatic rings. The lowest BCUT2D eigenvalue weighted by molar-refractivity contribution is -0.152. The summed E-state index contributed by atoms with van der Waals surface area (Å²) in [5.74, 6) is -0.159. The molecule has 0 radical (unpaired) electrons. The molecule has 3 fully saturated rings. The third kappa shape index (κ3) is 14.2. The minimum Gasteiger partial charge on any atom is -0.489 e. The van der Waals surface area contributed by atoms with Gasteiger partial charge in [0.15, 0.2) is 11.5 Å². The number of nitrogens with zero attached hydrogens (tertiary/aromatic N) is 1. The average molecular weight is 1160 g/mol. The quantitative estimate of drug-likeness (QED) is 0.0202. The van der Waals surface area contributed by atoms with Crippen molar-refractivity contribution in [2.75, 3.05) is 20.5 Å². The van der Waals surface area contributed by atoms with Gasteiger partial charge in [-0.3, -0.25) is 49.4 Å². The predicted octanol–water partition coefficient (Wildman–Crippen LogP) is 8.27. The number of methoxy groups -OCH3 is 1. The van der Waals surface area contributed by atoms with Crippen LogP contribution in [0.25, 0.3) is 0 Å². The van der Waals surface area contributed by atoms with Gasteiger partial charge in [0.2, 0.25) is 30.4 Å². The molecule has 7 N–H and O–H groups in total. The number of esters is 2. The maximum Gasteiger partial charge on any atom is 0.317 e. The topological polar surface area (TPSA) is 289 Å². The molecule has 3 aliphatic carbocycles. The van der Waals surface area contributed by atoms with Gasteiger partial charge in [-0.05, 0) is 140 Å². The molecule has 4 amide bonds. The molecule has 6 aromatic carbocycles. The highest BCUT2D eigenvalue weighted by molar-refractivity contribution is 5.98. The second-order valence-corrected chi connectivity index (χ2v) is 20.7. The van der Waals surface area contributed by atoms with Crippen LogP contribution in [-0.2, 0) is 69.6 Å². The molecule has 3 saturated carbocycles. The Kier molecular flexibility index (Phi) is 19.0. The Hall–Kier alpha value is -9.83. The van der Waals surface area contributed by atoms with Crippen LogP contribution in [-0.4, -0.2) is 76.7 Å². The summed E-state index contributed by atoms with van der Waals surface area (Å²) in [4.78, 5) is 77.4. The van der Waals surface area contributed by atoms with Gasteiger partial charge in [-0.25, -0.2) is 16.4 Å². The number of ether oxygens (including phenoxy) is 7. The first-order valence-corrected chi connectivity index (χ1v) is 27.3. The van der Waals surface area contributed by atoms with E-state index in [1.165, 1.54) is 7.11 Å². The zero-order valence-electron chi connectivity index (χ0n) is 46.4. The zero-order chi connectivity index (χ0) is 60.0. The summed E-state index contributed by atoms with van der Waals surface area (Å²) in [5.41, 5.74) is 6.43. The molecule has 1 aliphatic heterocycles. The van der Waals surface area contributed by atoms with E-state index < -0.39 is 63.7 Å². The molecule has 21 heteroatoms. The Balaban J connectivity index is 0.000000154. The number of rotatable bonds is 21. The van der Waals surface area contributed by atoms with Crippen LogP contribution in [0.4, 0.5) is 0 Å². The Morgan fingerprint density at radius 3 is 1.72 bits per heavy atom. The van der Waals surface area contributed by atoms with Crippen molar-refractivity contribution < 1.29 is 77.5 Å². The lowest BCUT2D eigenvalue weighted by Gasteiger charge is -2.18. The van der Waals surface area contributed by atoms with Gasteiger partial charge in [-0.15, -0.1) is 0 Å². The van der Waals surface area contributed by atoms with Crippen molar-refractivity contribution in [1.29, 1.82) is 0 Å². The fourth-order valence-electron chi connectivity index (χ4n) is 10.5. The number of nitrogens with one attached hydrogen (secondary N) is 4. The number of hydrogen-bond donors (Lipinski definition) is 7. The number of hydrogen-bond acceptors (Lipinski definition) is 17. The van der Waals surface area contributed by atoms with E-state index in [9.17, 15) is 28.8 Å². The highest BCUT2D eigenvalue weighted by atomic mass is 16.7. The van der Waals surface area contributed by atoms with Crippen molar-refractivity contribution in [3.05, 3.63) is 204 Å². The van der Waals surface area contributed by atoms with Crippen molar-refractivity contribution in [3.8, 4) is 40.2 Å². The summed E-state index contributed by atoms with van der Waals surface area (Å²) in [5, 5.41) is 29.8. The van der Waals surface area contributed by atoms with E-state index in [0.29, 0.717) is 78.9 Å². The number of aromatic nitrogens is 1. The fourth-order valence-corrected chi connectivity index (χ4v) is 10.5. The van der Waals surface area contributed by atoms with Crippen LogP contribution < -0.4 is 45.4 Å². The van der Waals surface area contributed by atoms with E-state index in [1.54, 1.807) is 90.4 Å². The molecular formula is C64H63N5O16. The monoisotopic (exact) mass is 1160 g/mol. The van der Waals surface area contributed by atoms with E-state index in [0.717, 1.165) is 28.0 Å². The number of carbonyl (C=O) groups is 6. The second-order valence-electron chi connectivity index (χ2n) is 20.7. The van der Waals surface area contributed by atoms with Crippen LogP contribution in [0.15, 0.2) is 176 Å². The van der Waals surface area contributed by atoms with E-state index in [4.69, 9.17) is 48.8 Å². The summed E-state index contributed by atoms with van der Waals surface area (Å²) in [6.07, 6.45) is 5.07. The standard InChI is InChI=1S/C25H25N3O4.C21H21NO7.C18H17NO5/c29-23(28-31)22-15-25(22,24(30)27-16-19-10-12-26-13-11-19)14-18-6-8-21(9-7-18)32-17-20-4-2-1-3-5-20;1-2-26-20(24)21(11-16(21)19(23)22-25)10-13-3-5-14(6-4-13)29-15-7-8-17-18(9-15)28-12-27-17;1-23-17(21)18(11-15(18)16(20)19-22)12-6-5-9-14(10-12)24-13-7-3-2-4-8-13/h1-13,22,31H,14-17H2,(H,27,30)(H,28,29);3-9,16,25H,2,10-12H2,1H3,(H,22,23);2-10,15,22H,11H2,1H3,(H,19,20)/t22-,25+;16-,21+;15-,18-/m110/s1. The van der Waals surface area contributed by atoms with E-state index in [2.05, 4.69) is 10.3 Å². The first kappa shape index (κ1) is 59.8. The minimum atomic E-state index is -1.09. The molecule has 11 rings (SSSR count). The van der Waals surface area contributed by atoms with Crippen LogP contribution in [0.1, 0.15) is 54.0 Å². The van der Waals surface area contributed by atoms with Gasteiger partial charge in [0.1, 0.15) is 40.8 Å². The summed E-state index contributed by atoms with van der Waals surface area (Å²) in [7, 11) is 1.28. The molecule has 7 aromatic rings. The lowest BCUT2D eigenvalue weighted by Crippen LogP contribution is -2.37. The van der Waals surface area contributed by atoms with E-state index in [1.807, 2.05) is 109 Å². The Labute approximate surface area is 489 Å². The molecule has 6 atom stereocenters. The number of pyridine rings is 1. The third-order valence-corrected chi connectivity index (χ3v) is 15.3. The first-order chi connectivity index (χ1) is 41.3. The normalized spacial score (nSPS) is 20.6. The lowest BCUT2D eigenvalue weighted by atomic mass is 9.92. The van der Waals surface area contributed by atoms with Crippen molar-refractivity contribution in [3.63, 3.8) is 0 Å². The first-order valence-electron chi connectivity index (χ1n) is 27.3. The van der Waals surface area contributed by atoms with Gasteiger partial charge < -0.3 is 38.5 Å². The molecule has 0 unspecified atom stereocenters. The van der Waals surface area contributed by atoms with Crippen LogP contribution in [0, 0.1) is 28.6 Å². The Bertz CT molecular complexity index is 3470. The van der Waals surface area contributed by atoms with Gasteiger partial charge >= 0.3 is 11.9 Å². The van der Waals surface area contributed by atoms with Crippen molar-refractivity contribution >= 4 is 35.6 Å². The van der Waals surface area contributed by atoms with Crippen molar-refractivity contribution in [2.24, 2.45) is 28.6 Å². The maximum atomic E-state index is 13.0. The molecule has 0 saturated heterocycles. The molecule has 21 nitrogen and oxygen atoms in total. The number of hydroxylamine groups is 3. The smallest absolute Gasteiger partial charge is 0.317 e. The number of amides is 4. The molecule has 0 bridgehead atoms. The summed E-state index contributed by atoms with van der Waals surface area (Å²) in [6, 6.07) is 49.9. The molecule has 0 spiro atoms. The highest BCUT2D eigenvalue weighted by Crippen LogP contribution is 2.58. The number of para-hydroxylation sites is 1.